The van der Waals surface area contributed by atoms with Gasteiger partial charge in [-0.3, -0.25) is 0 Å². The van der Waals surface area contributed by atoms with Gasteiger partial charge in [0, 0.05) is 0 Å². The Hall–Kier alpha value is 0.759. The number of hydrogen-bond acceptors (Lipinski definition) is 1. The molecule has 0 bridgehead atoms. The molecule has 0 aromatic rings. The molecule has 0 aromatic heterocycles. The standard InChI is InChI=1S/C6H13.C2H5.CH3NS2.Cu/c1-3-5-6-4-2;1-2;2-1(3)4;/h1,3-6H2,2H3;1H2,2H3;(H3,2,3,4);/q2*-1;;+2. The fraction of sp³-hybridized carbons (Fsp3) is 0.667. The van der Waals surface area contributed by atoms with Crippen LogP contribution in [-0.4, -0.2) is 4.32 Å². The third-order valence-corrected chi connectivity index (χ3v) is 0.854. The van der Waals surface area contributed by atoms with E-state index >= 15 is 0 Å². The second kappa shape index (κ2) is 29.3. The van der Waals surface area contributed by atoms with Crippen molar-refractivity contribution in [2.75, 3.05) is 0 Å². The van der Waals surface area contributed by atoms with E-state index in [0.717, 1.165) is 6.42 Å². The molecule has 0 aliphatic carbocycles. The SMILES string of the molecule is NC(=S)S.[CH2-]C.[CH2-]CCCCC.[Cu+2]. The van der Waals surface area contributed by atoms with E-state index in [9.17, 15) is 0 Å². The van der Waals surface area contributed by atoms with Gasteiger partial charge in [-0.05, 0) is 0 Å². The summed E-state index contributed by atoms with van der Waals surface area (Å²) in [6.45, 7) is 10.9. The number of thiol groups is 1. The first-order chi connectivity index (χ1) is 5.65. The predicted molar refractivity (Wildman–Crippen MR) is 66.3 cm³/mol. The molecule has 0 aliphatic rings. The van der Waals surface area contributed by atoms with Crippen LogP contribution in [0.3, 0.4) is 0 Å². The van der Waals surface area contributed by atoms with E-state index in [1.165, 1.54) is 19.3 Å². The Morgan fingerprint density at radius 1 is 1.38 bits per heavy atom. The van der Waals surface area contributed by atoms with E-state index in [2.05, 4.69) is 45.6 Å². The van der Waals surface area contributed by atoms with Crippen molar-refractivity contribution in [3.63, 3.8) is 0 Å². The third kappa shape index (κ3) is 105. The first-order valence-electron chi connectivity index (χ1n) is 4.13. The maximum atomic E-state index is 4.71. The molecule has 0 fully saturated rings. The Labute approximate surface area is 105 Å². The maximum absolute atomic E-state index is 4.71. The molecule has 0 spiro atoms. The van der Waals surface area contributed by atoms with Gasteiger partial charge in [0.05, 0.1) is 0 Å². The van der Waals surface area contributed by atoms with E-state index in [1.807, 2.05) is 0 Å². The molecule has 2 N–H and O–H groups in total. The molecule has 0 unspecified atom stereocenters. The van der Waals surface area contributed by atoms with Crippen molar-refractivity contribution in [1.82, 2.24) is 0 Å². The van der Waals surface area contributed by atoms with E-state index in [0.29, 0.717) is 0 Å². The molecule has 0 rings (SSSR count). The summed E-state index contributed by atoms with van der Waals surface area (Å²) < 4.78 is 0.194. The van der Waals surface area contributed by atoms with Gasteiger partial charge >= 0.3 is 17.1 Å². The summed E-state index contributed by atoms with van der Waals surface area (Å²) in [5, 5.41) is 0. The van der Waals surface area contributed by atoms with E-state index < -0.39 is 0 Å². The Morgan fingerprint density at radius 3 is 1.77 bits per heavy atom. The normalized spacial score (nSPS) is 6.54. The number of rotatable bonds is 3. The molecular formula is C9H21CuNS2. The van der Waals surface area contributed by atoms with Gasteiger partial charge in [0.25, 0.3) is 0 Å². The smallest absolute Gasteiger partial charge is 0.385 e. The predicted octanol–water partition coefficient (Wildman–Crippen LogP) is 3.40. The summed E-state index contributed by atoms with van der Waals surface area (Å²) in [5.41, 5.74) is 4.71. The minimum atomic E-state index is 0. The Balaban J connectivity index is -0.0000000512. The van der Waals surface area contributed by atoms with Crippen LogP contribution >= 0.6 is 24.8 Å². The van der Waals surface area contributed by atoms with Crippen LogP contribution in [0.5, 0.6) is 0 Å². The molecule has 0 aromatic carbocycles. The van der Waals surface area contributed by atoms with Crippen LogP contribution in [0.25, 0.3) is 0 Å². The van der Waals surface area contributed by atoms with Gasteiger partial charge in [0.1, 0.15) is 4.32 Å². The molecule has 4 heteroatoms. The van der Waals surface area contributed by atoms with Gasteiger partial charge in [-0.15, -0.1) is 12.6 Å². The zero-order valence-corrected chi connectivity index (χ0v) is 11.1. The zero-order chi connectivity index (χ0) is 10.4. The molecule has 0 heterocycles. The van der Waals surface area contributed by atoms with Crippen LogP contribution in [0.4, 0.5) is 0 Å². The number of unbranched alkanes of at least 4 members (excludes halogenated alkanes) is 3. The molecule has 1 nitrogen and oxygen atoms in total. The summed E-state index contributed by atoms with van der Waals surface area (Å²) in [6.07, 6.45) is 5.07. The molecule has 0 atom stereocenters. The number of nitrogens with two attached hydrogens (primary N) is 1. The molecular weight excluding hydrogens is 250 g/mol. The van der Waals surface area contributed by atoms with Crippen molar-refractivity contribution in [2.24, 2.45) is 5.73 Å². The van der Waals surface area contributed by atoms with Crippen molar-refractivity contribution >= 4 is 29.2 Å². The van der Waals surface area contributed by atoms with Gasteiger partial charge in [-0.1, -0.05) is 38.4 Å². The van der Waals surface area contributed by atoms with Crippen LogP contribution in [0.1, 0.15) is 39.5 Å². The topological polar surface area (TPSA) is 26.0 Å². The second-order valence-corrected chi connectivity index (χ2v) is 3.12. The molecule has 0 aliphatic heterocycles. The third-order valence-electron chi connectivity index (χ3n) is 0.854. The molecule has 0 saturated carbocycles. The Bertz CT molecular complexity index is 72.0. The average Bonchev–Trinajstić information content (AvgIpc) is 2.04. The summed E-state index contributed by atoms with van der Waals surface area (Å²) in [7, 11) is 0. The molecule has 85 valence electrons. The van der Waals surface area contributed by atoms with Gasteiger partial charge in [-0.25, -0.2) is 0 Å². The van der Waals surface area contributed by atoms with Gasteiger partial charge in [-0.2, -0.15) is 13.3 Å². The average molecular weight is 271 g/mol. The summed E-state index contributed by atoms with van der Waals surface area (Å²) >= 11 is 7.65. The largest absolute Gasteiger partial charge is 2.00 e. The van der Waals surface area contributed by atoms with Crippen molar-refractivity contribution < 1.29 is 17.1 Å². The Kier molecular flexibility index (Phi) is 53.0. The molecule has 1 radical (unpaired) electrons. The summed E-state index contributed by atoms with van der Waals surface area (Å²) in [6, 6.07) is 0. The molecule has 0 amide bonds. The van der Waals surface area contributed by atoms with E-state index in [4.69, 9.17) is 5.73 Å². The first kappa shape index (κ1) is 23.5. The second-order valence-electron chi connectivity index (χ2n) is 1.90. The van der Waals surface area contributed by atoms with Crippen LogP contribution in [0.15, 0.2) is 0 Å². The maximum Gasteiger partial charge on any atom is 2.00 e. The number of hydrogen-bond donors (Lipinski definition) is 2. The van der Waals surface area contributed by atoms with Crippen molar-refractivity contribution in [3.8, 4) is 0 Å². The van der Waals surface area contributed by atoms with Crippen LogP contribution < -0.4 is 5.73 Å². The summed E-state index contributed by atoms with van der Waals surface area (Å²) in [5.74, 6) is 0. The molecule has 13 heavy (non-hydrogen) atoms. The van der Waals surface area contributed by atoms with E-state index in [1.54, 1.807) is 6.92 Å². The van der Waals surface area contributed by atoms with Crippen molar-refractivity contribution in [1.29, 1.82) is 0 Å². The molecule has 0 saturated heterocycles. The monoisotopic (exact) mass is 270 g/mol. The van der Waals surface area contributed by atoms with Crippen LogP contribution in [0.2, 0.25) is 0 Å². The first-order valence-corrected chi connectivity index (χ1v) is 4.99. The van der Waals surface area contributed by atoms with E-state index in [-0.39, 0.29) is 21.4 Å². The van der Waals surface area contributed by atoms with Crippen molar-refractivity contribution in [3.05, 3.63) is 13.8 Å². The summed E-state index contributed by atoms with van der Waals surface area (Å²) in [4.78, 5) is 0. The fourth-order valence-electron chi connectivity index (χ4n) is 0.427. The van der Waals surface area contributed by atoms with Crippen LogP contribution in [-0.2, 0) is 17.1 Å². The van der Waals surface area contributed by atoms with Gasteiger partial charge in [0.2, 0.25) is 0 Å². The van der Waals surface area contributed by atoms with Crippen molar-refractivity contribution in [2.45, 2.75) is 39.5 Å². The quantitative estimate of drug-likeness (QED) is 0.270. The number of thiocarbonyl (C=S) groups is 1. The minimum Gasteiger partial charge on any atom is -0.385 e. The minimum absolute atomic E-state index is 0. The Morgan fingerprint density at radius 2 is 1.69 bits per heavy atom. The van der Waals surface area contributed by atoms with Gasteiger partial charge < -0.3 is 19.6 Å². The fourth-order valence-corrected chi connectivity index (χ4v) is 0.427. The van der Waals surface area contributed by atoms with Gasteiger partial charge in [0.15, 0.2) is 0 Å². The zero-order valence-electron chi connectivity index (χ0n) is 8.48. The van der Waals surface area contributed by atoms with Crippen LogP contribution in [0, 0.1) is 13.8 Å².